The molecular formula is C23H24N4O4S. The predicted octanol–water partition coefficient (Wildman–Crippen LogP) is 4.36. The molecule has 2 heterocycles. The second kappa shape index (κ2) is 10.3. The minimum Gasteiger partial charge on any atom is -0.494 e. The predicted molar refractivity (Wildman–Crippen MR) is 123 cm³/mol. The maximum absolute atomic E-state index is 13.0. The molecule has 4 rings (SSSR count). The van der Waals surface area contributed by atoms with E-state index in [4.69, 9.17) is 14.0 Å². The van der Waals surface area contributed by atoms with E-state index >= 15 is 0 Å². The van der Waals surface area contributed by atoms with Crippen molar-refractivity contribution in [3.63, 3.8) is 0 Å². The summed E-state index contributed by atoms with van der Waals surface area (Å²) >= 11 is 1.49. The number of thiazole rings is 1. The maximum Gasteiger partial charge on any atom is 0.229 e. The molecule has 0 bridgehead atoms. The number of anilines is 1. The molecule has 2 aromatic carbocycles. The lowest BCUT2D eigenvalue weighted by Crippen LogP contribution is -2.34. The first-order valence-corrected chi connectivity index (χ1v) is 11.2. The molecule has 0 saturated heterocycles. The number of aromatic nitrogens is 3. The molecule has 0 saturated carbocycles. The average Bonchev–Trinajstić information content (AvgIpc) is 3.46. The number of para-hydroxylation sites is 1. The minimum absolute atomic E-state index is 0.0677. The number of aryl methyl sites for hydroxylation is 1. The fourth-order valence-electron chi connectivity index (χ4n) is 3.17. The Kier molecular flexibility index (Phi) is 7.08. The highest BCUT2D eigenvalue weighted by Crippen LogP contribution is 2.29. The van der Waals surface area contributed by atoms with Gasteiger partial charge in [0.1, 0.15) is 5.75 Å². The van der Waals surface area contributed by atoms with Gasteiger partial charge in [0.15, 0.2) is 5.13 Å². The minimum atomic E-state index is -0.0677. The molecule has 1 amide bonds. The van der Waals surface area contributed by atoms with Crippen LogP contribution < -0.4 is 9.64 Å². The van der Waals surface area contributed by atoms with Gasteiger partial charge in [-0.3, -0.25) is 9.69 Å². The largest absolute Gasteiger partial charge is 0.494 e. The molecule has 0 radical (unpaired) electrons. The second-order valence-electron chi connectivity index (χ2n) is 6.97. The van der Waals surface area contributed by atoms with Gasteiger partial charge in [-0.1, -0.05) is 28.6 Å². The highest BCUT2D eigenvalue weighted by atomic mass is 32.1. The molecule has 32 heavy (non-hydrogen) atoms. The van der Waals surface area contributed by atoms with Crippen LogP contribution in [-0.2, 0) is 16.0 Å². The fourth-order valence-corrected chi connectivity index (χ4v) is 4.18. The van der Waals surface area contributed by atoms with Crippen LogP contribution in [0, 0.1) is 0 Å². The third-order valence-corrected chi connectivity index (χ3v) is 5.84. The summed E-state index contributed by atoms with van der Waals surface area (Å²) in [5, 5.41) is 4.70. The monoisotopic (exact) mass is 452 g/mol. The first-order valence-electron chi connectivity index (χ1n) is 10.4. The zero-order valence-corrected chi connectivity index (χ0v) is 18.8. The Balaban J connectivity index is 1.42. The summed E-state index contributed by atoms with van der Waals surface area (Å²) in [6.45, 7) is 3.40. The number of carbonyl (C=O) groups is 1. The Bertz CT molecular complexity index is 1140. The lowest BCUT2D eigenvalue weighted by Gasteiger charge is -2.19. The molecule has 0 aliphatic rings. The van der Waals surface area contributed by atoms with Crippen molar-refractivity contribution in [1.29, 1.82) is 0 Å². The number of methoxy groups -OCH3 is 1. The molecule has 166 valence electrons. The molecule has 2 aromatic heterocycles. The van der Waals surface area contributed by atoms with Crippen molar-refractivity contribution in [2.45, 2.75) is 19.8 Å². The molecule has 0 spiro atoms. The van der Waals surface area contributed by atoms with Crippen molar-refractivity contribution in [2.75, 3.05) is 31.8 Å². The first-order chi connectivity index (χ1) is 15.7. The molecule has 0 unspecified atom stereocenters. The Morgan fingerprint density at radius 3 is 2.69 bits per heavy atom. The third kappa shape index (κ3) is 5.12. The normalized spacial score (nSPS) is 11.1. The molecule has 0 fully saturated rings. The van der Waals surface area contributed by atoms with E-state index in [2.05, 4.69) is 15.1 Å². The average molecular weight is 453 g/mol. The van der Waals surface area contributed by atoms with Gasteiger partial charge in [0, 0.05) is 25.5 Å². The Morgan fingerprint density at radius 2 is 1.94 bits per heavy atom. The highest BCUT2D eigenvalue weighted by Gasteiger charge is 2.20. The number of hydrogen-bond acceptors (Lipinski definition) is 8. The van der Waals surface area contributed by atoms with Crippen LogP contribution in [0.5, 0.6) is 5.75 Å². The summed E-state index contributed by atoms with van der Waals surface area (Å²) in [5.41, 5.74) is 1.70. The van der Waals surface area contributed by atoms with Crippen molar-refractivity contribution in [2.24, 2.45) is 0 Å². The van der Waals surface area contributed by atoms with E-state index in [1.54, 1.807) is 12.0 Å². The van der Waals surface area contributed by atoms with E-state index in [1.807, 2.05) is 55.5 Å². The topological polar surface area (TPSA) is 90.6 Å². The van der Waals surface area contributed by atoms with E-state index in [1.165, 1.54) is 11.3 Å². The molecule has 9 heteroatoms. The van der Waals surface area contributed by atoms with Crippen LogP contribution in [0.1, 0.15) is 19.2 Å². The molecule has 8 nitrogen and oxygen atoms in total. The van der Waals surface area contributed by atoms with Crippen LogP contribution in [0.4, 0.5) is 5.13 Å². The molecule has 4 aromatic rings. The van der Waals surface area contributed by atoms with E-state index < -0.39 is 0 Å². The van der Waals surface area contributed by atoms with Crippen LogP contribution in [-0.4, -0.2) is 47.9 Å². The van der Waals surface area contributed by atoms with Gasteiger partial charge in [-0.25, -0.2) is 4.98 Å². The van der Waals surface area contributed by atoms with E-state index in [9.17, 15) is 4.79 Å². The summed E-state index contributed by atoms with van der Waals surface area (Å²) in [7, 11) is 1.61. The Morgan fingerprint density at radius 1 is 1.12 bits per heavy atom. The summed E-state index contributed by atoms with van der Waals surface area (Å²) in [6, 6.07) is 15.3. The SMILES string of the molecule is CCOc1ccc(-c2noc(CCC(=O)N(CCOC)c3nc4ccccc4s3)n2)cc1. The molecule has 0 aliphatic carbocycles. The van der Waals surface area contributed by atoms with Gasteiger partial charge in [-0.05, 0) is 43.3 Å². The number of ether oxygens (including phenoxy) is 2. The van der Waals surface area contributed by atoms with Crippen LogP contribution in [0.3, 0.4) is 0 Å². The number of nitrogens with zero attached hydrogens (tertiary/aromatic N) is 4. The lowest BCUT2D eigenvalue weighted by atomic mass is 10.2. The van der Waals surface area contributed by atoms with E-state index in [0.29, 0.717) is 43.0 Å². The summed E-state index contributed by atoms with van der Waals surface area (Å²) in [4.78, 5) is 23.7. The fraction of sp³-hybridized carbons (Fsp3) is 0.304. The van der Waals surface area contributed by atoms with Crippen LogP contribution in [0.15, 0.2) is 53.1 Å². The third-order valence-electron chi connectivity index (χ3n) is 4.78. The summed E-state index contributed by atoms with van der Waals surface area (Å²) < 4.78 is 17.0. The van der Waals surface area contributed by atoms with Gasteiger partial charge < -0.3 is 14.0 Å². The smallest absolute Gasteiger partial charge is 0.229 e. The van der Waals surface area contributed by atoms with Crippen LogP contribution in [0.2, 0.25) is 0 Å². The highest BCUT2D eigenvalue weighted by molar-refractivity contribution is 7.22. The number of benzene rings is 2. The van der Waals surface area contributed by atoms with Crippen molar-refractivity contribution in [1.82, 2.24) is 15.1 Å². The van der Waals surface area contributed by atoms with Gasteiger partial charge in [-0.2, -0.15) is 4.98 Å². The van der Waals surface area contributed by atoms with Crippen molar-refractivity contribution < 1.29 is 18.8 Å². The molecule has 0 N–H and O–H groups in total. The lowest BCUT2D eigenvalue weighted by molar-refractivity contribution is -0.118. The molecule has 0 aliphatic heterocycles. The quantitative estimate of drug-likeness (QED) is 0.353. The number of hydrogen-bond donors (Lipinski definition) is 0. The number of amides is 1. The van der Waals surface area contributed by atoms with Crippen LogP contribution in [0.25, 0.3) is 21.6 Å². The van der Waals surface area contributed by atoms with Gasteiger partial charge in [0.25, 0.3) is 0 Å². The van der Waals surface area contributed by atoms with E-state index in [0.717, 1.165) is 21.5 Å². The zero-order valence-electron chi connectivity index (χ0n) is 18.0. The summed E-state index contributed by atoms with van der Waals surface area (Å²) in [6.07, 6.45) is 0.571. The zero-order chi connectivity index (χ0) is 22.3. The summed E-state index contributed by atoms with van der Waals surface area (Å²) in [5.74, 6) is 1.62. The van der Waals surface area contributed by atoms with E-state index in [-0.39, 0.29) is 12.3 Å². The molecular weight excluding hydrogens is 428 g/mol. The van der Waals surface area contributed by atoms with Crippen molar-refractivity contribution in [3.05, 3.63) is 54.4 Å². The van der Waals surface area contributed by atoms with Gasteiger partial charge in [0.05, 0.1) is 30.0 Å². The van der Waals surface area contributed by atoms with Gasteiger partial charge in [0.2, 0.25) is 17.6 Å². The Hall–Kier alpha value is -3.30. The number of carbonyl (C=O) groups excluding carboxylic acids is 1. The Labute approximate surface area is 189 Å². The van der Waals surface area contributed by atoms with Gasteiger partial charge >= 0.3 is 0 Å². The molecule has 0 atom stereocenters. The maximum atomic E-state index is 13.0. The van der Waals surface area contributed by atoms with Crippen molar-refractivity contribution in [3.8, 4) is 17.1 Å². The number of fused-ring (bicyclic) bond motifs is 1. The number of rotatable bonds is 10. The van der Waals surface area contributed by atoms with Gasteiger partial charge in [-0.15, -0.1) is 0 Å². The standard InChI is InChI=1S/C23H24N4O4S/c1-3-30-17-10-8-16(9-11-17)22-25-20(31-26-22)12-13-21(28)27(14-15-29-2)23-24-18-6-4-5-7-19(18)32-23/h4-11H,3,12-15H2,1-2H3. The van der Waals surface area contributed by atoms with Crippen molar-refractivity contribution >= 4 is 32.6 Å². The van der Waals surface area contributed by atoms with Crippen LogP contribution >= 0.6 is 11.3 Å². The second-order valence-corrected chi connectivity index (χ2v) is 7.98. The first kappa shape index (κ1) is 21.9.